The van der Waals surface area contributed by atoms with Crippen molar-refractivity contribution in [3.8, 4) is 5.75 Å². The first-order chi connectivity index (χ1) is 15.6. The number of methoxy groups -OCH3 is 2. The molecule has 33 heavy (non-hydrogen) atoms. The number of aliphatic imine (C=N–C) groups is 1. The van der Waals surface area contributed by atoms with E-state index in [1.165, 1.54) is 18.4 Å². The zero-order valence-corrected chi connectivity index (χ0v) is 22.5. The summed E-state index contributed by atoms with van der Waals surface area (Å²) in [7, 11) is 5.40. The van der Waals surface area contributed by atoms with Crippen molar-refractivity contribution < 1.29 is 9.47 Å². The second kappa shape index (κ2) is 14.4. The van der Waals surface area contributed by atoms with Gasteiger partial charge in [-0.3, -0.25) is 4.90 Å². The summed E-state index contributed by atoms with van der Waals surface area (Å²) < 4.78 is 12.6. The van der Waals surface area contributed by atoms with Crippen LogP contribution in [0.25, 0.3) is 0 Å². The number of guanidine groups is 1. The molecule has 2 N–H and O–H groups in total. The van der Waals surface area contributed by atoms with E-state index in [2.05, 4.69) is 43.9 Å². The van der Waals surface area contributed by atoms with Gasteiger partial charge in [0, 0.05) is 33.9 Å². The minimum Gasteiger partial charge on any atom is -0.497 e. The Morgan fingerprint density at radius 3 is 2.64 bits per heavy atom. The van der Waals surface area contributed by atoms with Gasteiger partial charge in [-0.15, -0.1) is 34.2 Å². The first-order valence-electron chi connectivity index (χ1n) is 11.4. The first kappa shape index (κ1) is 27.3. The Labute approximate surface area is 214 Å². The molecule has 2 aromatic rings. The third-order valence-corrected chi connectivity index (χ3v) is 5.90. The topological polar surface area (TPSA) is 88.8 Å². The largest absolute Gasteiger partial charge is 0.497 e. The molecule has 1 fully saturated rings. The molecule has 0 radical (unpaired) electrons. The highest BCUT2D eigenvalue weighted by molar-refractivity contribution is 14.0. The Morgan fingerprint density at radius 1 is 1.18 bits per heavy atom. The molecule has 1 aromatic heterocycles. The number of likely N-dealkylation sites (tertiary alicyclic amines) is 1. The van der Waals surface area contributed by atoms with Crippen LogP contribution < -0.4 is 15.4 Å². The minimum atomic E-state index is 0. The first-order valence-corrected chi connectivity index (χ1v) is 11.4. The van der Waals surface area contributed by atoms with E-state index >= 15 is 0 Å². The summed E-state index contributed by atoms with van der Waals surface area (Å²) in [5.41, 5.74) is 1.25. The number of halogens is 1. The van der Waals surface area contributed by atoms with Crippen LogP contribution in [0, 0.1) is 6.92 Å². The van der Waals surface area contributed by atoms with Crippen molar-refractivity contribution in [3.63, 3.8) is 0 Å². The van der Waals surface area contributed by atoms with Gasteiger partial charge < -0.3 is 24.7 Å². The van der Waals surface area contributed by atoms with Gasteiger partial charge in [0.15, 0.2) is 11.8 Å². The molecule has 1 unspecified atom stereocenters. The van der Waals surface area contributed by atoms with Crippen LogP contribution in [-0.2, 0) is 18.3 Å². The number of nitrogens with one attached hydrogen (secondary N) is 2. The van der Waals surface area contributed by atoms with Crippen molar-refractivity contribution in [1.82, 2.24) is 30.3 Å². The van der Waals surface area contributed by atoms with Gasteiger partial charge in [-0.2, -0.15) is 0 Å². The molecule has 10 heteroatoms. The van der Waals surface area contributed by atoms with Crippen LogP contribution in [0.1, 0.15) is 42.5 Å². The van der Waals surface area contributed by atoms with E-state index in [1.807, 2.05) is 24.6 Å². The van der Waals surface area contributed by atoms with Gasteiger partial charge in [0.1, 0.15) is 18.1 Å². The lowest BCUT2D eigenvalue weighted by Gasteiger charge is -2.29. The Kier molecular flexibility index (Phi) is 11.9. The van der Waals surface area contributed by atoms with Gasteiger partial charge in [-0.05, 0) is 57.0 Å². The molecule has 1 aliphatic heterocycles. The minimum absolute atomic E-state index is 0. The average molecular weight is 572 g/mol. The summed E-state index contributed by atoms with van der Waals surface area (Å²) in [6, 6.07) is 8.61. The third kappa shape index (κ3) is 8.11. The molecule has 1 saturated heterocycles. The molecule has 9 nitrogen and oxygen atoms in total. The van der Waals surface area contributed by atoms with Crippen LogP contribution in [0.4, 0.5) is 0 Å². The number of benzene rings is 1. The number of aryl methyl sites for hydroxylation is 1. The maximum atomic E-state index is 5.47. The van der Waals surface area contributed by atoms with E-state index < -0.39 is 0 Å². The lowest BCUT2D eigenvalue weighted by molar-refractivity contribution is 0.195. The Morgan fingerprint density at radius 2 is 1.97 bits per heavy atom. The summed E-state index contributed by atoms with van der Waals surface area (Å²) in [6.45, 7) is 6.86. The van der Waals surface area contributed by atoms with Gasteiger partial charge in [-0.1, -0.05) is 12.1 Å². The number of hydrogen-bond donors (Lipinski definition) is 2. The Balaban J connectivity index is 0.00000385. The predicted molar refractivity (Wildman–Crippen MR) is 141 cm³/mol. The molecule has 3 rings (SSSR count). The van der Waals surface area contributed by atoms with Crippen LogP contribution in [0.15, 0.2) is 29.3 Å². The maximum Gasteiger partial charge on any atom is 0.191 e. The number of rotatable bonds is 11. The van der Waals surface area contributed by atoms with E-state index in [1.54, 1.807) is 14.2 Å². The second-order valence-corrected chi connectivity index (χ2v) is 8.08. The number of nitrogens with zero attached hydrogens (tertiary/aromatic N) is 5. The predicted octanol–water partition coefficient (Wildman–Crippen LogP) is 2.66. The van der Waals surface area contributed by atoms with Crippen LogP contribution in [-0.4, -0.2) is 72.6 Å². The van der Waals surface area contributed by atoms with E-state index in [0.717, 1.165) is 56.0 Å². The van der Waals surface area contributed by atoms with E-state index in [4.69, 9.17) is 14.5 Å². The molecule has 1 aromatic carbocycles. The molecule has 1 aliphatic rings. The van der Waals surface area contributed by atoms with E-state index in [0.29, 0.717) is 13.2 Å². The normalized spacial score (nSPS) is 15.2. The van der Waals surface area contributed by atoms with Crippen LogP contribution in [0.5, 0.6) is 5.75 Å². The van der Waals surface area contributed by atoms with Crippen LogP contribution in [0.3, 0.4) is 0 Å². The Bertz CT molecular complexity index is 868. The fourth-order valence-electron chi connectivity index (χ4n) is 3.89. The number of hydrogen-bond acceptors (Lipinski definition) is 6. The molecule has 184 valence electrons. The van der Waals surface area contributed by atoms with Gasteiger partial charge >= 0.3 is 0 Å². The third-order valence-electron chi connectivity index (χ3n) is 5.90. The van der Waals surface area contributed by atoms with Crippen molar-refractivity contribution in [1.29, 1.82) is 0 Å². The summed E-state index contributed by atoms with van der Waals surface area (Å²) in [6.07, 6.45) is 3.39. The highest BCUT2D eigenvalue weighted by Gasteiger charge is 2.24. The highest BCUT2D eigenvalue weighted by Crippen LogP contribution is 2.27. The smallest absolute Gasteiger partial charge is 0.191 e. The molecule has 0 spiro atoms. The van der Waals surface area contributed by atoms with Crippen molar-refractivity contribution in [2.45, 2.75) is 38.8 Å². The summed E-state index contributed by atoms with van der Waals surface area (Å²) in [5, 5.41) is 15.4. The summed E-state index contributed by atoms with van der Waals surface area (Å²) in [4.78, 5) is 7.32. The van der Waals surface area contributed by atoms with Gasteiger partial charge in [0.25, 0.3) is 0 Å². The zero-order chi connectivity index (χ0) is 22.8. The molecule has 0 amide bonds. The molecule has 0 bridgehead atoms. The quantitative estimate of drug-likeness (QED) is 0.186. The van der Waals surface area contributed by atoms with Gasteiger partial charge in [-0.25, -0.2) is 4.99 Å². The lowest BCUT2D eigenvalue weighted by atomic mass is 10.1. The Hall–Kier alpha value is -1.92. The standard InChI is InChI=1S/C23H37N7O2.HI/c1-18-27-28-22(29(18)2)17-26-23(24-11-8-14-31-3)25-16-21(30-12-5-6-13-30)19-9-7-10-20(15-19)32-4;/h7,9-10,15,21H,5-6,8,11-14,16-17H2,1-4H3,(H2,24,25,26);1H. The molecular formula is C23H38IN7O2. The van der Waals surface area contributed by atoms with Crippen LogP contribution in [0.2, 0.25) is 0 Å². The molecular weight excluding hydrogens is 533 g/mol. The fraction of sp³-hybridized carbons (Fsp3) is 0.609. The fourth-order valence-corrected chi connectivity index (χ4v) is 3.89. The number of aromatic nitrogens is 3. The summed E-state index contributed by atoms with van der Waals surface area (Å²) in [5.74, 6) is 3.37. The monoisotopic (exact) mass is 571 g/mol. The lowest BCUT2D eigenvalue weighted by Crippen LogP contribution is -2.43. The van der Waals surface area contributed by atoms with Crippen molar-refractivity contribution >= 4 is 29.9 Å². The maximum absolute atomic E-state index is 5.47. The second-order valence-electron chi connectivity index (χ2n) is 8.08. The zero-order valence-electron chi connectivity index (χ0n) is 20.2. The van der Waals surface area contributed by atoms with Crippen LogP contribution >= 0.6 is 24.0 Å². The van der Waals surface area contributed by atoms with E-state index in [-0.39, 0.29) is 30.0 Å². The summed E-state index contributed by atoms with van der Waals surface area (Å²) >= 11 is 0. The van der Waals surface area contributed by atoms with E-state index in [9.17, 15) is 0 Å². The molecule has 0 aliphatic carbocycles. The molecule has 2 heterocycles. The van der Waals surface area contributed by atoms with Crippen molar-refractivity contribution in [2.24, 2.45) is 12.0 Å². The average Bonchev–Trinajstić information content (AvgIpc) is 3.45. The van der Waals surface area contributed by atoms with Gasteiger partial charge in [0.2, 0.25) is 0 Å². The number of ether oxygens (including phenoxy) is 2. The highest BCUT2D eigenvalue weighted by atomic mass is 127. The SMILES string of the molecule is COCCCNC(=NCc1nnc(C)n1C)NCC(c1cccc(OC)c1)N1CCCC1.I. The molecule has 1 atom stereocenters. The van der Waals surface area contributed by atoms with Crippen molar-refractivity contribution in [3.05, 3.63) is 41.5 Å². The molecule has 0 saturated carbocycles. The van der Waals surface area contributed by atoms with Gasteiger partial charge in [0.05, 0.1) is 13.2 Å². The van der Waals surface area contributed by atoms with Crippen molar-refractivity contribution in [2.75, 3.05) is 47.0 Å².